The van der Waals surface area contributed by atoms with E-state index in [2.05, 4.69) is 4.90 Å². The number of likely N-dealkylation sites (tertiary alicyclic amines) is 1. The lowest BCUT2D eigenvalue weighted by Crippen LogP contribution is -2.50. The molecule has 1 rings (SSSR count). The summed E-state index contributed by atoms with van der Waals surface area (Å²) < 4.78 is 0. The molecule has 0 bridgehead atoms. The topological polar surface area (TPSA) is 72.4 Å². The average molecular weight is 199 g/mol. The lowest BCUT2D eigenvalue weighted by molar-refractivity contribution is -0.123. The smallest absolute Gasteiger partial charge is 0.234 e. The van der Waals surface area contributed by atoms with Crippen LogP contribution in [0.1, 0.15) is 32.6 Å². The Hall–Kier alpha value is -0.610. The summed E-state index contributed by atoms with van der Waals surface area (Å²) in [4.78, 5) is 13.3. The Morgan fingerprint density at radius 3 is 2.79 bits per heavy atom. The molecule has 0 aromatic rings. The third kappa shape index (κ3) is 2.69. The van der Waals surface area contributed by atoms with E-state index in [9.17, 15) is 4.79 Å². The predicted molar refractivity (Wildman–Crippen MR) is 56.7 cm³/mol. The van der Waals surface area contributed by atoms with Gasteiger partial charge >= 0.3 is 0 Å². The van der Waals surface area contributed by atoms with Crippen molar-refractivity contribution >= 4 is 5.91 Å². The first-order valence-electron chi connectivity index (χ1n) is 5.42. The van der Waals surface area contributed by atoms with Gasteiger partial charge < -0.3 is 11.5 Å². The number of carbonyl (C=O) groups excluding carboxylic acids is 1. The van der Waals surface area contributed by atoms with Crippen molar-refractivity contribution in [3.8, 4) is 0 Å². The number of carbonyl (C=O) groups is 1. The molecule has 1 fully saturated rings. The van der Waals surface area contributed by atoms with Gasteiger partial charge in [0.1, 0.15) is 0 Å². The maximum Gasteiger partial charge on any atom is 0.234 e. The zero-order valence-electron chi connectivity index (χ0n) is 8.91. The molecule has 0 aliphatic carbocycles. The molecule has 1 heterocycles. The molecule has 2 unspecified atom stereocenters. The zero-order chi connectivity index (χ0) is 10.6. The van der Waals surface area contributed by atoms with E-state index in [1.807, 2.05) is 6.92 Å². The molecule has 0 aromatic heterocycles. The number of rotatable bonds is 3. The molecule has 0 radical (unpaired) electrons. The highest BCUT2D eigenvalue weighted by atomic mass is 16.1. The summed E-state index contributed by atoms with van der Waals surface area (Å²) in [5.41, 5.74) is 11.0. The van der Waals surface area contributed by atoms with Gasteiger partial charge in [-0.25, -0.2) is 0 Å². The fourth-order valence-electron chi connectivity index (χ4n) is 2.13. The molecule has 1 amide bonds. The van der Waals surface area contributed by atoms with Gasteiger partial charge in [-0.2, -0.15) is 0 Å². The summed E-state index contributed by atoms with van der Waals surface area (Å²) in [6, 6.07) is 0.154. The van der Waals surface area contributed by atoms with Gasteiger partial charge in [0, 0.05) is 12.6 Å². The maximum atomic E-state index is 11.1. The molecule has 1 aliphatic heterocycles. The average Bonchev–Trinajstić information content (AvgIpc) is 2.40. The second-order valence-corrected chi connectivity index (χ2v) is 4.06. The standard InChI is InChI=1S/C10H21N3O/c1-8(10(12)14)13-6-4-2-3-5-9(13)7-11/h8-9H,2-7,11H2,1H3,(H2,12,14). The fraction of sp³-hybridized carbons (Fsp3) is 0.900. The lowest BCUT2D eigenvalue weighted by atomic mass is 10.1. The van der Waals surface area contributed by atoms with E-state index in [0.717, 1.165) is 19.4 Å². The molecular formula is C10H21N3O. The largest absolute Gasteiger partial charge is 0.368 e. The Labute approximate surface area is 85.6 Å². The lowest BCUT2D eigenvalue weighted by Gasteiger charge is -2.32. The van der Waals surface area contributed by atoms with Crippen LogP contribution in [0.3, 0.4) is 0 Å². The quantitative estimate of drug-likeness (QED) is 0.675. The Balaban J connectivity index is 2.64. The highest BCUT2D eigenvalue weighted by Gasteiger charge is 2.26. The number of hydrogen-bond donors (Lipinski definition) is 2. The second kappa shape index (κ2) is 5.32. The maximum absolute atomic E-state index is 11.1. The van der Waals surface area contributed by atoms with Crippen molar-refractivity contribution in [1.82, 2.24) is 4.90 Å². The molecule has 4 heteroatoms. The van der Waals surface area contributed by atoms with Crippen LogP contribution >= 0.6 is 0 Å². The van der Waals surface area contributed by atoms with E-state index in [0.29, 0.717) is 12.6 Å². The molecule has 0 aromatic carbocycles. The fourth-order valence-corrected chi connectivity index (χ4v) is 2.13. The Bertz CT molecular complexity index is 196. The summed E-state index contributed by atoms with van der Waals surface area (Å²) in [7, 11) is 0. The van der Waals surface area contributed by atoms with Crippen LogP contribution in [0.15, 0.2) is 0 Å². The van der Waals surface area contributed by atoms with Crippen LogP contribution < -0.4 is 11.5 Å². The zero-order valence-corrected chi connectivity index (χ0v) is 8.91. The van der Waals surface area contributed by atoms with Crippen molar-refractivity contribution in [2.45, 2.75) is 44.7 Å². The SMILES string of the molecule is CC(C(N)=O)N1CCCCCC1CN. The number of amides is 1. The van der Waals surface area contributed by atoms with Crippen LogP contribution in [0.2, 0.25) is 0 Å². The van der Waals surface area contributed by atoms with Crippen LogP contribution in [0.4, 0.5) is 0 Å². The van der Waals surface area contributed by atoms with Crippen molar-refractivity contribution < 1.29 is 4.79 Å². The molecular weight excluding hydrogens is 178 g/mol. The Morgan fingerprint density at radius 1 is 1.50 bits per heavy atom. The van der Waals surface area contributed by atoms with Gasteiger partial charge in [-0.3, -0.25) is 9.69 Å². The van der Waals surface area contributed by atoms with Crippen LogP contribution in [0.25, 0.3) is 0 Å². The normalized spacial score (nSPS) is 26.9. The molecule has 4 nitrogen and oxygen atoms in total. The number of nitrogens with two attached hydrogens (primary N) is 2. The highest BCUT2D eigenvalue weighted by Crippen LogP contribution is 2.18. The number of primary amides is 1. The summed E-state index contributed by atoms with van der Waals surface area (Å²) >= 11 is 0. The third-order valence-electron chi connectivity index (χ3n) is 3.10. The Morgan fingerprint density at radius 2 is 2.21 bits per heavy atom. The number of hydrogen-bond acceptors (Lipinski definition) is 3. The van der Waals surface area contributed by atoms with Crippen molar-refractivity contribution in [2.24, 2.45) is 11.5 Å². The Kier molecular flexibility index (Phi) is 4.35. The molecule has 1 saturated heterocycles. The second-order valence-electron chi connectivity index (χ2n) is 4.06. The number of nitrogens with zero attached hydrogens (tertiary/aromatic N) is 1. The van der Waals surface area contributed by atoms with Gasteiger partial charge in [0.15, 0.2) is 0 Å². The van der Waals surface area contributed by atoms with Gasteiger partial charge in [-0.15, -0.1) is 0 Å². The van der Waals surface area contributed by atoms with Crippen LogP contribution in [0.5, 0.6) is 0 Å². The van der Waals surface area contributed by atoms with Gasteiger partial charge in [0.25, 0.3) is 0 Å². The molecule has 0 spiro atoms. The summed E-state index contributed by atoms with van der Waals surface area (Å²) in [6.07, 6.45) is 4.69. The minimum atomic E-state index is -0.245. The van der Waals surface area contributed by atoms with Crippen molar-refractivity contribution in [2.75, 3.05) is 13.1 Å². The van der Waals surface area contributed by atoms with Crippen molar-refractivity contribution in [3.63, 3.8) is 0 Å². The van der Waals surface area contributed by atoms with E-state index in [4.69, 9.17) is 11.5 Å². The van der Waals surface area contributed by atoms with E-state index in [1.54, 1.807) is 0 Å². The summed E-state index contributed by atoms with van der Waals surface area (Å²) in [5.74, 6) is -0.245. The van der Waals surface area contributed by atoms with Gasteiger partial charge in [-0.05, 0) is 26.3 Å². The first kappa shape index (κ1) is 11.5. The molecule has 2 atom stereocenters. The van der Waals surface area contributed by atoms with E-state index < -0.39 is 0 Å². The highest BCUT2D eigenvalue weighted by molar-refractivity contribution is 5.79. The van der Waals surface area contributed by atoms with Crippen molar-refractivity contribution in [3.05, 3.63) is 0 Å². The molecule has 4 N–H and O–H groups in total. The molecule has 1 aliphatic rings. The minimum absolute atomic E-state index is 0.179. The van der Waals surface area contributed by atoms with Crippen LogP contribution in [0, 0.1) is 0 Å². The first-order valence-corrected chi connectivity index (χ1v) is 5.42. The predicted octanol–water partition coefficient (Wildman–Crippen LogP) is 0.0635. The molecule has 82 valence electrons. The van der Waals surface area contributed by atoms with E-state index >= 15 is 0 Å². The molecule has 0 saturated carbocycles. The van der Waals surface area contributed by atoms with Gasteiger partial charge in [-0.1, -0.05) is 12.8 Å². The van der Waals surface area contributed by atoms with Gasteiger partial charge in [0.2, 0.25) is 5.91 Å². The summed E-state index contributed by atoms with van der Waals surface area (Å²) in [6.45, 7) is 3.44. The minimum Gasteiger partial charge on any atom is -0.368 e. The van der Waals surface area contributed by atoms with Crippen molar-refractivity contribution in [1.29, 1.82) is 0 Å². The van der Waals surface area contributed by atoms with Gasteiger partial charge in [0.05, 0.1) is 6.04 Å². The summed E-state index contributed by atoms with van der Waals surface area (Å²) in [5, 5.41) is 0. The van der Waals surface area contributed by atoms with Crippen LogP contribution in [-0.2, 0) is 4.79 Å². The van der Waals surface area contributed by atoms with E-state index in [-0.39, 0.29) is 11.9 Å². The third-order valence-corrected chi connectivity index (χ3v) is 3.10. The van der Waals surface area contributed by atoms with Crippen LogP contribution in [-0.4, -0.2) is 36.0 Å². The molecule has 14 heavy (non-hydrogen) atoms. The van der Waals surface area contributed by atoms with E-state index in [1.165, 1.54) is 12.8 Å². The first-order chi connectivity index (χ1) is 6.66. The monoisotopic (exact) mass is 199 g/mol.